The van der Waals surface area contributed by atoms with Gasteiger partial charge in [0, 0.05) is 5.56 Å². The van der Waals surface area contributed by atoms with Crippen molar-refractivity contribution in [1.29, 1.82) is 0 Å². The van der Waals surface area contributed by atoms with E-state index in [9.17, 15) is 0 Å². The van der Waals surface area contributed by atoms with Crippen LogP contribution in [0.3, 0.4) is 0 Å². The minimum atomic E-state index is 0.704. The topological polar surface area (TPSA) is 26.0 Å². The second-order valence-corrected chi connectivity index (χ2v) is 3.09. The lowest BCUT2D eigenvalue weighted by atomic mass is 10.1. The van der Waals surface area contributed by atoms with Crippen LogP contribution in [0.2, 0.25) is 0 Å². The summed E-state index contributed by atoms with van der Waals surface area (Å²) < 4.78 is 5.44. The average Bonchev–Trinajstić information content (AvgIpc) is 2.53. The molecule has 2 aromatic rings. The molecule has 2 rings (SSSR count). The van der Waals surface area contributed by atoms with Crippen LogP contribution in [0.15, 0.2) is 34.9 Å². The van der Waals surface area contributed by atoms with Gasteiger partial charge < -0.3 is 4.42 Å². The summed E-state index contributed by atoms with van der Waals surface area (Å²) in [4.78, 5) is 4.18. The van der Waals surface area contributed by atoms with Crippen molar-refractivity contribution < 1.29 is 4.42 Å². The fourth-order valence-electron chi connectivity index (χ4n) is 1.29. The molecule has 0 atom stereocenters. The lowest BCUT2D eigenvalue weighted by molar-refractivity contribution is 0.542. The molecule has 1 aromatic heterocycles. The Morgan fingerprint density at radius 3 is 2.54 bits per heavy atom. The zero-order valence-electron chi connectivity index (χ0n) is 7.74. The predicted molar refractivity (Wildman–Crippen MR) is 51.4 cm³/mol. The third kappa shape index (κ3) is 1.47. The molecule has 0 aliphatic carbocycles. The SMILES string of the molecule is Cc1cnc(-c2ccccc2C)o1. The number of rotatable bonds is 1. The lowest BCUT2D eigenvalue weighted by Crippen LogP contribution is -1.80. The van der Waals surface area contributed by atoms with Crippen molar-refractivity contribution in [3.8, 4) is 11.5 Å². The van der Waals surface area contributed by atoms with E-state index in [1.54, 1.807) is 6.20 Å². The van der Waals surface area contributed by atoms with Crippen LogP contribution in [-0.2, 0) is 0 Å². The quantitative estimate of drug-likeness (QED) is 0.662. The fourth-order valence-corrected chi connectivity index (χ4v) is 1.29. The number of oxazole rings is 1. The normalized spacial score (nSPS) is 10.3. The molecular formula is C11H11NO. The van der Waals surface area contributed by atoms with E-state index in [1.807, 2.05) is 25.1 Å². The van der Waals surface area contributed by atoms with Gasteiger partial charge in [-0.3, -0.25) is 0 Å². The van der Waals surface area contributed by atoms with Gasteiger partial charge in [-0.25, -0.2) is 4.98 Å². The molecule has 0 radical (unpaired) electrons. The predicted octanol–water partition coefficient (Wildman–Crippen LogP) is 2.96. The summed E-state index contributed by atoms with van der Waals surface area (Å²) in [6.45, 7) is 3.95. The first-order valence-electron chi connectivity index (χ1n) is 4.26. The maximum Gasteiger partial charge on any atom is 0.226 e. The number of aryl methyl sites for hydroxylation is 2. The van der Waals surface area contributed by atoms with Gasteiger partial charge in [0.05, 0.1) is 6.20 Å². The molecule has 0 amide bonds. The maximum atomic E-state index is 5.44. The Bertz CT molecular complexity index is 418. The van der Waals surface area contributed by atoms with E-state index in [0.717, 1.165) is 11.3 Å². The highest BCUT2D eigenvalue weighted by atomic mass is 16.4. The highest BCUT2D eigenvalue weighted by Gasteiger charge is 2.05. The van der Waals surface area contributed by atoms with E-state index >= 15 is 0 Å². The van der Waals surface area contributed by atoms with Crippen LogP contribution in [0.4, 0.5) is 0 Å². The van der Waals surface area contributed by atoms with Crippen LogP contribution in [-0.4, -0.2) is 4.98 Å². The molecule has 0 saturated carbocycles. The monoisotopic (exact) mass is 173 g/mol. The molecule has 0 N–H and O–H groups in total. The number of hydrogen-bond donors (Lipinski definition) is 0. The van der Waals surface area contributed by atoms with Crippen molar-refractivity contribution in [2.45, 2.75) is 13.8 Å². The van der Waals surface area contributed by atoms with E-state index in [0.29, 0.717) is 5.89 Å². The lowest BCUT2D eigenvalue weighted by Gasteiger charge is -1.98. The Balaban J connectivity index is 2.52. The molecule has 0 spiro atoms. The summed E-state index contributed by atoms with van der Waals surface area (Å²) in [6, 6.07) is 8.06. The molecule has 1 heterocycles. The van der Waals surface area contributed by atoms with Gasteiger partial charge >= 0.3 is 0 Å². The Labute approximate surface area is 77.2 Å². The summed E-state index contributed by atoms with van der Waals surface area (Å²) >= 11 is 0. The first-order chi connectivity index (χ1) is 6.27. The Morgan fingerprint density at radius 2 is 1.92 bits per heavy atom. The van der Waals surface area contributed by atoms with Gasteiger partial charge in [0.1, 0.15) is 5.76 Å². The number of benzene rings is 1. The van der Waals surface area contributed by atoms with Crippen molar-refractivity contribution in [1.82, 2.24) is 4.98 Å². The minimum Gasteiger partial charge on any atom is -0.441 e. The van der Waals surface area contributed by atoms with Crippen LogP contribution in [0.25, 0.3) is 11.5 Å². The molecule has 0 aliphatic rings. The van der Waals surface area contributed by atoms with Crippen LogP contribution in [0.1, 0.15) is 11.3 Å². The molecule has 1 aromatic carbocycles. The Morgan fingerprint density at radius 1 is 1.15 bits per heavy atom. The molecule has 0 fully saturated rings. The minimum absolute atomic E-state index is 0.704. The third-order valence-corrected chi connectivity index (χ3v) is 2.00. The number of aromatic nitrogens is 1. The van der Waals surface area contributed by atoms with Crippen LogP contribution in [0, 0.1) is 13.8 Å². The summed E-state index contributed by atoms with van der Waals surface area (Å²) in [7, 11) is 0. The number of hydrogen-bond acceptors (Lipinski definition) is 2. The van der Waals surface area contributed by atoms with Crippen LogP contribution >= 0.6 is 0 Å². The zero-order chi connectivity index (χ0) is 9.26. The van der Waals surface area contributed by atoms with Gasteiger partial charge in [0.15, 0.2) is 0 Å². The molecule has 2 nitrogen and oxygen atoms in total. The molecule has 0 bridgehead atoms. The second kappa shape index (κ2) is 3.05. The summed E-state index contributed by atoms with van der Waals surface area (Å²) in [5.41, 5.74) is 2.25. The van der Waals surface area contributed by atoms with E-state index in [4.69, 9.17) is 4.42 Å². The van der Waals surface area contributed by atoms with Gasteiger partial charge in [-0.1, -0.05) is 18.2 Å². The number of nitrogens with zero attached hydrogens (tertiary/aromatic N) is 1. The van der Waals surface area contributed by atoms with Gasteiger partial charge in [0.2, 0.25) is 5.89 Å². The third-order valence-electron chi connectivity index (χ3n) is 2.00. The van der Waals surface area contributed by atoms with Crippen LogP contribution < -0.4 is 0 Å². The highest BCUT2D eigenvalue weighted by molar-refractivity contribution is 5.57. The molecule has 0 saturated heterocycles. The van der Waals surface area contributed by atoms with E-state index in [1.165, 1.54) is 5.56 Å². The standard InChI is InChI=1S/C11H11NO/c1-8-5-3-4-6-10(8)11-12-7-9(2)13-11/h3-7H,1-2H3. The smallest absolute Gasteiger partial charge is 0.226 e. The van der Waals surface area contributed by atoms with Crippen molar-refractivity contribution in [3.63, 3.8) is 0 Å². The zero-order valence-corrected chi connectivity index (χ0v) is 7.74. The highest BCUT2D eigenvalue weighted by Crippen LogP contribution is 2.21. The molecule has 0 aliphatic heterocycles. The average molecular weight is 173 g/mol. The first-order valence-corrected chi connectivity index (χ1v) is 4.26. The second-order valence-electron chi connectivity index (χ2n) is 3.09. The van der Waals surface area contributed by atoms with E-state index in [-0.39, 0.29) is 0 Å². The summed E-state index contributed by atoms with van der Waals surface area (Å²) in [5.74, 6) is 1.55. The van der Waals surface area contributed by atoms with Crippen molar-refractivity contribution in [3.05, 3.63) is 41.8 Å². The fraction of sp³-hybridized carbons (Fsp3) is 0.182. The van der Waals surface area contributed by atoms with Gasteiger partial charge in [-0.2, -0.15) is 0 Å². The molecule has 2 heteroatoms. The molecule has 66 valence electrons. The first kappa shape index (κ1) is 8.05. The van der Waals surface area contributed by atoms with E-state index < -0.39 is 0 Å². The van der Waals surface area contributed by atoms with Gasteiger partial charge in [-0.15, -0.1) is 0 Å². The van der Waals surface area contributed by atoms with Crippen molar-refractivity contribution in [2.75, 3.05) is 0 Å². The molecular weight excluding hydrogens is 162 g/mol. The van der Waals surface area contributed by atoms with E-state index in [2.05, 4.69) is 18.0 Å². The van der Waals surface area contributed by atoms with Gasteiger partial charge in [-0.05, 0) is 25.5 Å². The maximum absolute atomic E-state index is 5.44. The van der Waals surface area contributed by atoms with Crippen molar-refractivity contribution in [2.24, 2.45) is 0 Å². The molecule has 13 heavy (non-hydrogen) atoms. The van der Waals surface area contributed by atoms with Crippen LogP contribution in [0.5, 0.6) is 0 Å². The molecule has 0 unspecified atom stereocenters. The van der Waals surface area contributed by atoms with Gasteiger partial charge in [0.25, 0.3) is 0 Å². The Kier molecular flexibility index (Phi) is 1.89. The summed E-state index contributed by atoms with van der Waals surface area (Å²) in [5, 5.41) is 0. The van der Waals surface area contributed by atoms with Crippen molar-refractivity contribution >= 4 is 0 Å². The largest absolute Gasteiger partial charge is 0.441 e. The summed E-state index contributed by atoms with van der Waals surface area (Å²) in [6.07, 6.45) is 1.74. The Hall–Kier alpha value is -1.57.